The van der Waals surface area contributed by atoms with Crippen LogP contribution in [0.15, 0.2) is 12.4 Å². The van der Waals surface area contributed by atoms with Crippen molar-refractivity contribution in [2.45, 2.75) is 12.8 Å². The maximum Gasteiger partial charge on any atom is 0.134 e. The van der Waals surface area contributed by atoms with Gasteiger partial charge in [-0.2, -0.15) is 0 Å². The number of aromatic nitrogens is 2. The normalized spacial score (nSPS) is 17.2. The number of hydrogen-bond acceptors (Lipinski definition) is 5. The fourth-order valence-electron chi connectivity index (χ4n) is 2.15. The summed E-state index contributed by atoms with van der Waals surface area (Å²) in [6.45, 7) is 2.90. The molecule has 0 unspecified atom stereocenters. The van der Waals surface area contributed by atoms with Crippen LogP contribution in [0, 0.1) is 5.92 Å². The topological polar surface area (TPSA) is 58.3 Å². The highest BCUT2D eigenvalue weighted by molar-refractivity contribution is 5.49. The second kappa shape index (κ2) is 5.31. The van der Waals surface area contributed by atoms with Crippen LogP contribution in [0.25, 0.3) is 0 Å². The van der Waals surface area contributed by atoms with Crippen LogP contribution in [0.3, 0.4) is 0 Å². The van der Waals surface area contributed by atoms with E-state index in [-0.39, 0.29) is 0 Å². The number of hydrogen-bond donors (Lipinski definition) is 1. The summed E-state index contributed by atoms with van der Waals surface area (Å²) in [5.41, 5.74) is 5.70. The Hall–Kier alpha value is -1.36. The van der Waals surface area contributed by atoms with Gasteiger partial charge in [-0.25, -0.2) is 9.97 Å². The molecule has 0 aromatic carbocycles. The SMILES string of the molecule is CN(C)c1cc(N2CCC(CN)CC2)ncn1. The lowest BCUT2D eigenvalue weighted by Gasteiger charge is -2.32. The van der Waals surface area contributed by atoms with Gasteiger partial charge >= 0.3 is 0 Å². The molecule has 17 heavy (non-hydrogen) atoms. The third kappa shape index (κ3) is 2.85. The first-order valence-corrected chi connectivity index (χ1v) is 6.15. The number of anilines is 2. The molecule has 0 amide bonds. The van der Waals surface area contributed by atoms with Gasteiger partial charge in [0.1, 0.15) is 18.0 Å². The lowest BCUT2D eigenvalue weighted by molar-refractivity contribution is 0.413. The Kier molecular flexibility index (Phi) is 3.78. The molecule has 1 aromatic heterocycles. The molecular formula is C12H21N5. The highest BCUT2D eigenvalue weighted by Crippen LogP contribution is 2.22. The zero-order valence-corrected chi connectivity index (χ0v) is 10.6. The minimum Gasteiger partial charge on any atom is -0.363 e. The molecule has 0 aliphatic carbocycles. The lowest BCUT2D eigenvalue weighted by Crippen LogP contribution is -2.36. The van der Waals surface area contributed by atoms with Crippen LogP contribution < -0.4 is 15.5 Å². The Morgan fingerprint density at radius 1 is 1.35 bits per heavy atom. The van der Waals surface area contributed by atoms with Gasteiger partial charge in [-0.15, -0.1) is 0 Å². The van der Waals surface area contributed by atoms with Crippen LogP contribution in [0.2, 0.25) is 0 Å². The van der Waals surface area contributed by atoms with Crippen molar-refractivity contribution in [2.24, 2.45) is 11.7 Å². The molecule has 1 aliphatic rings. The van der Waals surface area contributed by atoms with E-state index in [2.05, 4.69) is 14.9 Å². The first kappa shape index (κ1) is 12.1. The van der Waals surface area contributed by atoms with E-state index in [4.69, 9.17) is 5.73 Å². The molecule has 1 aromatic rings. The minimum absolute atomic E-state index is 0.682. The average molecular weight is 235 g/mol. The smallest absolute Gasteiger partial charge is 0.134 e. The fraction of sp³-hybridized carbons (Fsp3) is 0.667. The van der Waals surface area contributed by atoms with Gasteiger partial charge in [-0.1, -0.05) is 0 Å². The van der Waals surface area contributed by atoms with Gasteiger partial charge in [0.25, 0.3) is 0 Å². The van der Waals surface area contributed by atoms with E-state index in [0.717, 1.165) is 44.1 Å². The quantitative estimate of drug-likeness (QED) is 0.836. The number of rotatable bonds is 3. The second-order valence-corrected chi connectivity index (χ2v) is 4.79. The zero-order chi connectivity index (χ0) is 12.3. The fourth-order valence-corrected chi connectivity index (χ4v) is 2.15. The van der Waals surface area contributed by atoms with Crippen LogP contribution in [0.1, 0.15) is 12.8 Å². The molecule has 0 spiro atoms. The van der Waals surface area contributed by atoms with Crippen molar-refractivity contribution < 1.29 is 0 Å². The van der Waals surface area contributed by atoms with Crippen LogP contribution in [0.5, 0.6) is 0 Å². The highest BCUT2D eigenvalue weighted by atomic mass is 15.2. The Labute approximate surface area is 103 Å². The molecular weight excluding hydrogens is 214 g/mol. The van der Waals surface area contributed by atoms with E-state index in [9.17, 15) is 0 Å². The predicted octanol–water partition coefficient (Wildman–Crippen LogP) is 0.718. The summed E-state index contributed by atoms with van der Waals surface area (Å²) in [7, 11) is 3.99. The summed E-state index contributed by atoms with van der Waals surface area (Å²) in [4.78, 5) is 12.9. The van der Waals surface area contributed by atoms with Gasteiger partial charge in [0.15, 0.2) is 0 Å². The van der Waals surface area contributed by atoms with Gasteiger partial charge in [0.05, 0.1) is 0 Å². The molecule has 1 aliphatic heterocycles. The van der Waals surface area contributed by atoms with E-state index < -0.39 is 0 Å². The molecule has 5 nitrogen and oxygen atoms in total. The van der Waals surface area contributed by atoms with Gasteiger partial charge < -0.3 is 15.5 Å². The van der Waals surface area contributed by atoms with Crippen molar-refractivity contribution in [3.8, 4) is 0 Å². The van der Waals surface area contributed by atoms with Crippen LogP contribution >= 0.6 is 0 Å². The van der Waals surface area contributed by atoms with E-state index >= 15 is 0 Å². The average Bonchev–Trinajstić information content (AvgIpc) is 2.39. The first-order valence-electron chi connectivity index (χ1n) is 6.15. The molecule has 1 fully saturated rings. The summed E-state index contributed by atoms with van der Waals surface area (Å²) in [6, 6.07) is 2.04. The van der Waals surface area contributed by atoms with Crippen molar-refractivity contribution in [3.63, 3.8) is 0 Å². The third-order valence-corrected chi connectivity index (χ3v) is 3.37. The maximum absolute atomic E-state index is 5.70. The number of piperidine rings is 1. The van der Waals surface area contributed by atoms with Gasteiger partial charge in [-0.05, 0) is 25.3 Å². The summed E-state index contributed by atoms with van der Waals surface area (Å²) in [5.74, 6) is 2.66. The number of nitrogens with two attached hydrogens (primary N) is 1. The predicted molar refractivity (Wildman–Crippen MR) is 70.4 cm³/mol. The van der Waals surface area contributed by atoms with Crippen molar-refractivity contribution in [1.82, 2.24) is 9.97 Å². The zero-order valence-electron chi connectivity index (χ0n) is 10.6. The molecule has 0 bridgehead atoms. The molecule has 2 N–H and O–H groups in total. The Morgan fingerprint density at radius 3 is 2.65 bits per heavy atom. The van der Waals surface area contributed by atoms with Crippen molar-refractivity contribution in [3.05, 3.63) is 12.4 Å². The molecule has 0 radical (unpaired) electrons. The standard InChI is InChI=1S/C12H21N5/c1-16(2)11-7-12(15-9-14-11)17-5-3-10(8-13)4-6-17/h7,9-10H,3-6,8,13H2,1-2H3. The van der Waals surface area contributed by atoms with E-state index in [1.807, 2.05) is 25.1 Å². The van der Waals surface area contributed by atoms with E-state index in [1.165, 1.54) is 0 Å². The summed E-state index contributed by atoms with van der Waals surface area (Å²) < 4.78 is 0. The molecule has 2 rings (SSSR count). The molecule has 0 atom stereocenters. The van der Waals surface area contributed by atoms with Gasteiger partial charge in [0, 0.05) is 33.3 Å². The van der Waals surface area contributed by atoms with Crippen LogP contribution in [0.4, 0.5) is 11.6 Å². The Bertz CT molecular complexity index is 358. The Balaban J connectivity index is 2.05. The van der Waals surface area contributed by atoms with E-state index in [1.54, 1.807) is 6.33 Å². The largest absolute Gasteiger partial charge is 0.363 e. The highest BCUT2D eigenvalue weighted by Gasteiger charge is 2.19. The van der Waals surface area contributed by atoms with Gasteiger partial charge in [-0.3, -0.25) is 0 Å². The Morgan fingerprint density at radius 2 is 2.06 bits per heavy atom. The van der Waals surface area contributed by atoms with E-state index in [0.29, 0.717) is 5.92 Å². The maximum atomic E-state index is 5.70. The molecule has 2 heterocycles. The summed E-state index contributed by atoms with van der Waals surface area (Å²) >= 11 is 0. The molecule has 0 saturated carbocycles. The second-order valence-electron chi connectivity index (χ2n) is 4.79. The van der Waals surface area contributed by atoms with Crippen LogP contribution in [-0.4, -0.2) is 43.7 Å². The summed E-state index contributed by atoms with van der Waals surface area (Å²) in [6.07, 6.45) is 3.97. The third-order valence-electron chi connectivity index (χ3n) is 3.37. The lowest BCUT2D eigenvalue weighted by atomic mass is 9.97. The number of nitrogens with zero attached hydrogens (tertiary/aromatic N) is 4. The molecule has 1 saturated heterocycles. The monoisotopic (exact) mass is 235 g/mol. The first-order chi connectivity index (χ1) is 8.20. The summed E-state index contributed by atoms with van der Waals surface area (Å²) in [5, 5.41) is 0. The van der Waals surface area contributed by atoms with Crippen LogP contribution in [-0.2, 0) is 0 Å². The van der Waals surface area contributed by atoms with Gasteiger partial charge in [0.2, 0.25) is 0 Å². The minimum atomic E-state index is 0.682. The molecule has 94 valence electrons. The molecule has 5 heteroatoms. The van der Waals surface area contributed by atoms with Crippen molar-refractivity contribution >= 4 is 11.6 Å². The van der Waals surface area contributed by atoms with Crippen molar-refractivity contribution in [1.29, 1.82) is 0 Å². The van der Waals surface area contributed by atoms with Crippen molar-refractivity contribution in [2.75, 3.05) is 43.5 Å².